The smallest absolute Gasteiger partial charge is 0.348 e. The van der Waals surface area contributed by atoms with Crippen LogP contribution in [0.25, 0.3) is 10.9 Å². The summed E-state index contributed by atoms with van der Waals surface area (Å²) in [7, 11) is 1.50. The molecule has 10 heteroatoms. The van der Waals surface area contributed by atoms with Crippen LogP contribution < -0.4 is 5.32 Å². The summed E-state index contributed by atoms with van der Waals surface area (Å²) in [6, 6.07) is 5.47. The van der Waals surface area contributed by atoms with Crippen molar-refractivity contribution in [2.24, 2.45) is 0 Å². The first-order valence-electron chi connectivity index (χ1n) is 10.8. The maximum Gasteiger partial charge on any atom is 0.348 e. The van der Waals surface area contributed by atoms with Crippen LogP contribution in [0.1, 0.15) is 55.5 Å². The van der Waals surface area contributed by atoms with Gasteiger partial charge in [-0.25, -0.2) is 9.59 Å². The Bertz CT molecular complexity index is 1250. The number of amides is 1. The average Bonchev–Trinajstić information content (AvgIpc) is 3.27. The normalized spacial score (nSPS) is 11.0. The third-order valence-electron chi connectivity index (χ3n) is 5.37. The van der Waals surface area contributed by atoms with E-state index in [1.165, 1.54) is 7.11 Å². The molecule has 1 aromatic carbocycles. The van der Waals surface area contributed by atoms with Crippen LogP contribution in [0.5, 0.6) is 0 Å². The zero-order chi connectivity index (χ0) is 25.0. The first-order valence-corrected chi connectivity index (χ1v) is 12.0. The highest BCUT2D eigenvalue weighted by Gasteiger charge is 2.29. The van der Waals surface area contributed by atoms with E-state index < -0.39 is 17.8 Å². The van der Waals surface area contributed by atoms with Crippen molar-refractivity contribution < 1.29 is 28.6 Å². The largest absolute Gasteiger partial charge is 0.462 e. The molecule has 1 N–H and O–H groups in total. The standard InChI is InChI=1S/C24H27ClN2O6S/c1-6-27-17-9-8-15(25)12-16(17)13(3)19(27)21(28)26-22-18(23(29)32-7-2)14(4)20(34-22)24(30)33-11-10-31-5/h8-9,12H,6-7,10-11H2,1-5H3,(H,26,28). The van der Waals surface area contributed by atoms with Gasteiger partial charge < -0.3 is 24.1 Å². The van der Waals surface area contributed by atoms with Crippen LogP contribution in [0.15, 0.2) is 18.2 Å². The predicted molar refractivity (Wildman–Crippen MR) is 132 cm³/mol. The van der Waals surface area contributed by atoms with Crippen molar-refractivity contribution in [3.05, 3.63) is 50.5 Å². The number of hydrogen-bond donors (Lipinski definition) is 1. The van der Waals surface area contributed by atoms with Gasteiger partial charge in [-0.15, -0.1) is 11.3 Å². The van der Waals surface area contributed by atoms with Crippen LogP contribution in [-0.4, -0.2) is 49.3 Å². The van der Waals surface area contributed by atoms with Crippen molar-refractivity contribution in [1.82, 2.24) is 4.57 Å². The van der Waals surface area contributed by atoms with Crippen LogP contribution in [0.2, 0.25) is 5.02 Å². The van der Waals surface area contributed by atoms with E-state index in [2.05, 4.69) is 5.32 Å². The van der Waals surface area contributed by atoms with Gasteiger partial charge in [-0.2, -0.15) is 0 Å². The molecule has 8 nitrogen and oxygen atoms in total. The van der Waals surface area contributed by atoms with E-state index in [4.69, 9.17) is 25.8 Å². The number of aryl methyl sites for hydroxylation is 2. The first kappa shape index (κ1) is 25.7. The highest BCUT2D eigenvalue weighted by Crippen LogP contribution is 2.36. The molecule has 0 saturated carbocycles. The number of benzene rings is 1. The fraction of sp³-hybridized carbons (Fsp3) is 0.375. The molecule has 0 fully saturated rings. The summed E-state index contributed by atoms with van der Waals surface area (Å²) >= 11 is 7.15. The molecule has 34 heavy (non-hydrogen) atoms. The van der Waals surface area contributed by atoms with E-state index >= 15 is 0 Å². The minimum absolute atomic E-state index is 0.0709. The Kier molecular flexibility index (Phi) is 8.35. The highest BCUT2D eigenvalue weighted by molar-refractivity contribution is 7.18. The Morgan fingerprint density at radius 3 is 2.44 bits per heavy atom. The van der Waals surface area contributed by atoms with E-state index in [-0.39, 0.29) is 35.3 Å². The highest BCUT2D eigenvalue weighted by atomic mass is 35.5. The molecular formula is C24H27ClN2O6S. The Balaban J connectivity index is 2.04. The monoisotopic (exact) mass is 506 g/mol. The topological polar surface area (TPSA) is 95.9 Å². The molecule has 0 bridgehead atoms. The maximum absolute atomic E-state index is 13.5. The molecule has 2 aromatic heterocycles. The molecule has 2 heterocycles. The SMILES string of the molecule is CCOC(=O)c1c(NC(=O)c2c(C)c3cc(Cl)ccc3n2CC)sc(C(=O)OCCOC)c1C. The average molecular weight is 507 g/mol. The second kappa shape index (κ2) is 11.0. The number of nitrogens with zero attached hydrogens (tertiary/aromatic N) is 1. The van der Waals surface area contributed by atoms with Gasteiger partial charge in [-0.1, -0.05) is 11.6 Å². The number of hydrogen-bond acceptors (Lipinski definition) is 7. The van der Waals surface area contributed by atoms with Crippen LogP contribution in [0, 0.1) is 13.8 Å². The summed E-state index contributed by atoms with van der Waals surface area (Å²) in [6.45, 7) is 8.13. The number of fused-ring (bicyclic) bond motifs is 1. The number of rotatable bonds is 9. The molecule has 0 spiro atoms. The third-order valence-corrected chi connectivity index (χ3v) is 6.79. The zero-order valence-corrected chi connectivity index (χ0v) is 21.3. The maximum atomic E-state index is 13.5. The number of ether oxygens (including phenoxy) is 3. The summed E-state index contributed by atoms with van der Waals surface area (Å²) < 4.78 is 17.2. The number of carbonyl (C=O) groups is 3. The van der Waals surface area contributed by atoms with Crippen molar-refractivity contribution in [3.63, 3.8) is 0 Å². The van der Waals surface area contributed by atoms with E-state index in [0.29, 0.717) is 22.8 Å². The van der Waals surface area contributed by atoms with Gasteiger partial charge in [0.1, 0.15) is 22.2 Å². The number of methoxy groups -OCH3 is 1. The Labute approximate surface area is 206 Å². The zero-order valence-electron chi connectivity index (χ0n) is 19.7. The number of halogens is 1. The summed E-state index contributed by atoms with van der Waals surface area (Å²) in [5.41, 5.74) is 2.62. The number of nitrogens with one attached hydrogen (secondary N) is 1. The number of aromatic nitrogens is 1. The number of carbonyl (C=O) groups excluding carboxylic acids is 3. The van der Waals surface area contributed by atoms with Gasteiger partial charge in [-0.05, 0) is 57.0 Å². The van der Waals surface area contributed by atoms with Gasteiger partial charge in [0.15, 0.2) is 0 Å². The van der Waals surface area contributed by atoms with E-state index in [1.807, 2.05) is 30.5 Å². The molecule has 0 aliphatic heterocycles. The Morgan fingerprint density at radius 1 is 1.06 bits per heavy atom. The lowest BCUT2D eigenvalue weighted by Gasteiger charge is -2.10. The number of thiophene rings is 1. The van der Waals surface area contributed by atoms with Crippen LogP contribution in [-0.2, 0) is 20.8 Å². The van der Waals surface area contributed by atoms with E-state index in [1.54, 1.807) is 19.9 Å². The summed E-state index contributed by atoms with van der Waals surface area (Å²) in [6.07, 6.45) is 0. The minimum Gasteiger partial charge on any atom is -0.462 e. The second-order valence-electron chi connectivity index (χ2n) is 7.44. The van der Waals surface area contributed by atoms with Crippen molar-refractivity contribution >= 4 is 56.7 Å². The molecule has 3 aromatic rings. The fourth-order valence-electron chi connectivity index (χ4n) is 3.81. The Morgan fingerprint density at radius 2 is 1.79 bits per heavy atom. The molecule has 0 radical (unpaired) electrons. The van der Waals surface area contributed by atoms with E-state index in [9.17, 15) is 14.4 Å². The third kappa shape index (κ3) is 4.96. The molecule has 0 atom stereocenters. The quantitative estimate of drug-likeness (QED) is 0.315. The van der Waals surface area contributed by atoms with E-state index in [0.717, 1.165) is 27.8 Å². The molecular weight excluding hydrogens is 480 g/mol. The lowest BCUT2D eigenvalue weighted by molar-refractivity contribution is 0.0392. The van der Waals surface area contributed by atoms with Gasteiger partial charge in [0.2, 0.25) is 0 Å². The van der Waals surface area contributed by atoms with Gasteiger partial charge in [0.25, 0.3) is 5.91 Å². The molecule has 0 unspecified atom stereocenters. The molecule has 182 valence electrons. The molecule has 0 aliphatic carbocycles. The molecule has 0 saturated heterocycles. The number of anilines is 1. The molecule has 3 rings (SSSR count). The summed E-state index contributed by atoms with van der Waals surface area (Å²) in [5, 5.41) is 4.51. The van der Waals surface area contributed by atoms with Crippen molar-refractivity contribution in [2.45, 2.75) is 34.2 Å². The lowest BCUT2D eigenvalue weighted by Crippen LogP contribution is -2.19. The molecule has 0 aliphatic rings. The fourth-order valence-corrected chi connectivity index (χ4v) is 5.06. The van der Waals surface area contributed by atoms with Crippen molar-refractivity contribution in [2.75, 3.05) is 32.2 Å². The van der Waals surface area contributed by atoms with Crippen LogP contribution in [0.3, 0.4) is 0 Å². The van der Waals surface area contributed by atoms with Gasteiger partial charge in [0.05, 0.1) is 18.8 Å². The van der Waals surface area contributed by atoms with Crippen LogP contribution >= 0.6 is 22.9 Å². The number of esters is 2. The summed E-state index contributed by atoms with van der Waals surface area (Å²) in [5.74, 6) is -1.63. The van der Waals surface area contributed by atoms with Gasteiger partial charge in [-0.3, -0.25) is 4.79 Å². The van der Waals surface area contributed by atoms with Crippen molar-refractivity contribution in [1.29, 1.82) is 0 Å². The van der Waals surface area contributed by atoms with Gasteiger partial charge >= 0.3 is 11.9 Å². The minimum atomic E-state index is -0.623. The summed E-state index contributed by atoms with van der Waals surface area (Å²) in [4.78, 5) is 39.0. The van der Waals surface area contributed by atoms with Crippen LogP contribution in [0.4, 0.5) is 5.00 Å². The first-order chi connectivity index (χ1) is 16.2. The predicted octanol–water partition coefficient (Wildman–Crippen LogP) is 5.23. The van der Waals surface area contributed by atoms with Crippen molar-refractivity contribution in [3.8, 4) is 0 Å². The Hall–Kier alpha value is -2.88. The second-order valence-corrected chi connectivity index (χ2v) is 8.90. The lowest BCUT2D eigenvalue weighted by atomic mass is 10.1. The van der Waals surface area contributed by atoms with Gasteiger partial charge in [0, 0.05) is 29.6 Å². The molecule has 1 amide bonds.